The van der Waals surface area contributed by atoms with Crippen LogP contribution in [0.3, 0.4) is 0 Å². The van der Waals surface area contributed by atoms with E-state index in [4.69, 9.17) is 5.14 Å². The maximum atomic E-state index is 11.3. The second kappa shape index (κ2) is 5.58. The zero-order chi connectivity index (χ0) is 15.8. The molecule has 9 heteroatoms. The second-order valence-electron chi connectivity index (χ2n) is 5.32. The molecule has 1 aromatic rings. The number of hydrogen-bond acceptors (Lipinski definition) is 6. The Labute approximate surface area is 122 Å². The number of nitrogens with two attached hydrogens (primary N) is 1. The van der Waals surface area contributed by atoms with Crippen molar-refractivity contribution >= 4 is 21.4 Å². The maximum Gasteiger partial charge on any atom is 0.293 e. The van der Waals surface area contributed by atoms with Gasteiger partial charge in [0.2, 0.25) is 10.0 Å². The quantitative estimate of drug-likeness (QED) is 0.600. The van der Waals surface area contributed by atoms with Crippen LogP contribution in [0.1, 0.15) is 12.8 Å². The first-order valence-electron chi connectivity index (χ1n) is 6.39. The number of primary sulfonamides is 1. The lowest BCUT2D eigenvalue weighted by Gasteiger charge is -2.35. The molecular formula is C12H17N3O5S. The van der Waals surface area contributed by atoms with E-state index in [1.165, 1.54) is 12.1 Å². The van der Waals surface area contributed by atoms with Gasteiger partial charge in [0.25, 0.3) is 5.69 Å². The monoisotopic (exact) mass is 315 g/mol. The Balaban J connectivity index is 2.28. The highest BCUT2D eigenvalue weighted by molar-refractivity contribution is 7.89. The molecule has 0 heterocycles. The highest BCUT2D eigenvalue weighted by Crippen LogP contribution is 2.33. The minimum Gasteiger partial charge on any atom is -0.393 e. The van der Waals surface area contributed by atoms with Gasteiger partial charge in [-0.05, 0) is 30.9 Å². The predicted molar refractivity (Wildman–Crippen MR) is 76.5 cm³/mol. The molecule has 1 fully saturated rings. The van der Waals surface area contributed by atoms with E-state index < -0.39 is 14.9 Å². The summed E-state index contributed by atoms with van der Waals surface area (Å²) in [6.07, 6.45) is 1.06. The van der Waals surface area contributed by atoms with Crippen LogP contribution in [0.15, 0.2) is 23.1 Å². The average Bonchev–Trinajstić information content (AvgIpc) is 2.34. The Bertz CT molecular complexity index is 655. The molecule has 1 aliphatic carbocycles. The fourth-order valence-corrected chi connectivity index (χ4v) is 3.02. The van der Waals surface area contributed by atoms with Crippen molar-refractivity contribution in [2.45, 2.75) is 23.8 Å². The third-order valence-electron chi connectivity index (χ3n) is 3.63. The highest BCUT2D eigenvalue weighted by Gasteiger charge is 2.30. The smallest absolute Gasteiger partial charge is 0.293 e. The molecule has 2 rings (SSSR count). The van der Waals surface area contributed by atoms with Gasteiger partial charge in [-0.2, -0.15) is 0 Å². The summed E-state index contributed by atoms with van der Waals surface area (Å²) in [5.41, 5.74) is 0.0256. The van der Waals surface area contributed by atoms with Crippen molar-refractivity contribution in [1.82, 2.24) is 0 Å². The summed E-state index contributed by atoms with van der Waals surface area (Å²) in [7, 11) is -2.28. The van der Waals surface area contributed by atoms with Crippen LogP contribution in [0.4, 0.5) is 11.4 Å². The van der Waals surface area contributed by atoms with Crippen molar-refractivity contribution in [2.75, 3.05) is 18.5 Å². The van der Waals surface area contributed by atoms with E-state index in [1.54, 1.807) is 11.9 Å². The van der Waals surface area contributed by atoms with Gasteiger partial charge in [0.15, 0.2) is 0 Å². The molecule has 1 saturated carbocycles. The van der Waals surface area contributed by atoms with Crippen LogP contribution >= 0.6 is 0 Å². The first-order valence-corrected chi connectivity index (χ1v) is 7.93. The number of rotatable bonds is 5. The first kappa shape index (κ1) is 15.7. The molecule has 1 aromatic carbocycles. The SMILES string of the molecule is CN(CC1CC(O)C1)c1ccc(S(N)(=O)=O)cc1[N+](=O)[O-]. The van der Waals surface area contributed by atoms with E-state index in [1.807, 2.05) is 0 Å². The molecule has 0 amide bonds. The Morgan fingerprint density at radius 3 is 2.57 bits per heavy atom. The molecule has 0 aliphatic heterocycles. The average molecular weight is 315 g/mol. The van der Waals surface area contributed by atoms with E-state index >= 15 is 0 Å². The van der Waals surface area contributed by atoms with Gasteiger partial charge in [-0.1, -0.05) is 0 Å². The number of benzene rings is 1. The summed E-state index contributed by atoms with van der Waals surface area (Å²) < 4.78 is 22.5. The summed E-state index contributed by atoms with van der Waals surface area (Å²) in [5.74, 6) is 0.280. The number of hydrogen-bond donors (Lipinski definition) is 2. The molecule has 116 valence electrons. The standard InChI is InChI=1S/C12H17N3O5S/c1-14(7-8-4-9(16)5-8)11-3-2-10(21(13,19)20)6-12(11)15(17)18/h2-3,6,8-9,16H,4-5,7H2,1H3,(H2,13,19,20). The van der Waals surface area contributed by atoms with Crippen molar-refractivity contribution in [3.05, 3.63) is 28.3 Å². The van der Waals surface area contributed by atoms with Gasteiger partial charge in [-0.25, -0.2) is 13.6 Å². The fraction of sp³-hybridized carbons (Fsp3) is 0.500. The number of nitrogens with zero attached hydrogens (tertiary/aromatic N) is 2. The number of aliphatic hydroxyl groups is 1. The molecule has 0 spiro atoms. The number of aliphatic hydroxyl groups excluding tert-OH is 1. The van der Waals surface area contributed by atoms with Crippen molar-refractivity contribution < 1.29 is 18.4 Å². The number of anilines is 1. The van der Waals surface area contributed by atoms with Crippen LogP contribution in [0, 0.1) is 16.0 Å². The first-order chi connectivity index (χ1) is 9.68. The second-order valence-corrected chi connectivity index (χ2v) is 6.89. The molecule has 0 bridgehead atoms. The number of nitro benzene ring substituents is 1. The van der Waals surface area contributed by atoms with Crippen molar-refractivity contribution in [3.63, 3.8) is 0 Å². The van der Waals surface area contributed by atoms with Crippen molar-refractivity contribution in [3.8, 4) is 0 Å². The van der Waals surface area contributed by atoms with Gasteiger partial charge >= 0.3 is 0 Å². The van der Waals surface area contributed by atoms with Crippen LogP contribution < -0.4 is 10.0 Å². The molecule has 0 atom stereocenters. The molecular weight excluding hydrogens is 298 g/mol. The highest BCUT2D eigenvalue weighted by atomic mass is 32.2. The predicted octanol–water partition coefficient (Wildman–Crippen LogP) is 0.449. The van der Waals surface area contributed by atoms with Crippen molar-refractivity contribution in [2.24, 2.45) is 11.1 Å². The lowest BCUT2D eigenvalue weighted by Crippen LogP contribution is -2.37. The summed E-state index contributed by atoms with van der Waals surface area (Å²) in [6, 6.07) is 3.60. The summed E-state index contributed by atoms with van der Waals surface area (Å²) in [5, 5.41) is 25.4. The molecule has 1 aliphatic rings. The zero-order valence-electron chi connectivity index (χ0n) is 11.5. The van der Waals surface area contributed by atoms with E-state index in [2.05, 4.69) is 0 Å². The Morgan fingerprint density at radius 1 is 1.48 bits per heavy atom. The maximum absolute atomic E-state index is 11.3. The van der Waals surface area contributed by atoms with Gasteiger partial charge in [0, 0.05) is 19.7 Å². The van der Waals surface area contributed by atoms with Gasteiger partial charge in [-0.3, -0.25) is 10.1 Å². The molecule has 21 heavy (non-hydrogen) atoms. The largest absolute Gasteiger partial charge is 0.393 e. The topological polar surface area (TPSA) is 127 Å². The van der Waals surface area contributed by atoms with Crippen LogP contribution in [-0.2, 0) is 10.0 Å². The third-order valence-corrected chi connectivity index (χ3v) is 4.54. The molecule has 0 radical (unpaired) electrons. The molecule has 0 unspecified atom stereocenters. The number of sulfonamides is 1. The van der Waals surface area contributed by atoms with Crippen molar-refractivity contribution in [1.29, 1.82) is 0 Å². The minimum absolute atomic E-state index is 0.280. The fourth-order valence-electron chi connectivity index (χ4n) is 2.48. The molecule has 3 N–H and O–H groups in total. The lowest BCUT2D eigenvalue weighted by molar-refractivity contribution is -0.384. The van der Waals surface area contributed by atoms with Crippen LogP contribution in [-0.4, -0.2) is 38.1 Å². The van der Waals surface area contributed by atoms with E-state index in [9.17, 15) is 23.6 Å². The summed E-state index contributed by atoms with van der Waals surface area (Å²) in [6.45, 7) is 0.562. The Morgan fingerprint density at radius 2 is 2.10 bits per heavy atom. The molecule has 0 aromatic heterocycles. The summed E-state index contributed by atoms with van der Waals surface area (Å²) >= 11 is 0. The zero-order valence-corrected chi connectivity index (χ0v) is 12.3. The normalized spacial score (nSPS) is 21.7. The Kier molecular flexibility index (Phi) is 4.17. The van der Waals surface area contributed by atoms with E-state index in [0.29, 0.717) is 25.1 Å². The lowest BCUT2D eigenvalue weighted by atomic mass is 9.82. The third kappa shape index (κ3) is 3.49. The Hall–Kier alpha value is -1.71. The van der Waals surface area contributed by atoms with E-state index in [-0.39, 0.29) is 22.6 Å². The minimum atomic E-state index is -3.98. The van der Waals surface area contributed by atoms with Gasteiger partial charge in [0.1, 0.15) is 5.69 Å². The van der Waals surface area contributed by atoms with Crippen LogP contribution in [0.2, 0.25) is 0 Å². The van der Waals surface area contributed by atoms with Crippen LogP contribution in [0.25, 0.3) is 0 Å². The van der Waals surface area contributed by atoms with E-state index in [0.717, 1.165) is 6.07 Å². The molecule has 0 saturated heterocycles. The summed E-state index contributed by atoms with van der Waals surface area (Å²) in [4.78, 5) is 11.9. The number of nitro groups is 1. The molecule has 8 nitrogen and oxygen atoms in total. The van der Waals surface area contributed by atoms with Gasteiger partial charge in [0.05, 0.1) is 15.9 Å². The van der Waals surface area contributed by atoms with Gasteiger partial charge < -0.3 is 10.0 Å². The van der Waals surface area contributed by atoms with Gasteiger partial charge in [-0.15, -0.1) is 0 Å². The van der Waals surface area contributed by atoms with Crippen LogP contribution in [0.5, 0.6) is 0 Å².